The zero-order valence-electron chi connectivity index (χ0n) is 15.9. The van der Waals surface area contributed by atoms with Crippen molar-refractivity contribution in [2.24, 2.45) is 7.05 Å². The minimum Gasteiger partial charge on any atom is -0.325 e. The van der Waals surface area contributed by atoms with E-state index in [2.05, 4.69) is 10.3 Å². The Kier molecular flexibility index (Phi) is 5.44. The molecule has 0 bridgehead atoms. The Morgan fingerprint density at radius 3 is 2.41 bits per heavy atom. The number of aromatic amines is 1. The highest BCUT2D eigenvalue weighted by molar-refractivity contribution is 7.99. The van der Waals surface area contributed by atoms with Crippen LogP contribution in [0, 0.1) is 0 Å². The van der Waals surface area contributed by atoms with Crippen molar-refractivity contribution in [3.05, 3.63) is 90.0 Å². The maximum absolute atomic E-state index is 12.8. The topological polar surface area (TPSA) is 65.8 Å². The van der Waals surface area contributed by atoms with Crippen LogP contribution in [0.5, 0.6) is 0 Å². The van der Waals surface area contributed by atoms with Gasteiger partial charge >= 0.3 is 5.16 Å². The fourth-order valence-electron chi connectivity index (χ4n) is 3.17. The zero-order chi connectivity index (χ0) is 20.2. The summed E-state index contributed by atoms with van der Waals surface area (Å²) in [6.07, 6.45) is 0. The summed E-state index contributed by atoms with van der Waals surface area (Å²) in [6, 6.07) is 24.1. The maximum Gasteiger partial charge on any atom is 0.317 e. The molecular formula is C23H20N3O2S+. The lowest BCUT2D eigenvalue weighted by atomic mass is 10.0. The van der Waals surface area contributed by atoms with Gasteiger partial charge in [-0.05, 0) is 36.0 Å². The third kappa shape index (κ3) is 4.07. The second kappa shape index (κ2) is 8.32. The Labute approximate surface area is 172 Å². The van der Waals surface area contributed by atoms with Crippen molar-refractivity contribution >= 4 is 40.2 Å². The number of rotatable bonds is 6. The summed E-state index contributed by atoms with van der Waals surface area (Å²) in [5.74, 6) is -0.0488. The standard InChI is InChI=1S/C23H19N3O2S/c1-26-20-14-8-7-13-19(20)25-23(26)29-15-21(27)24-18-12-6-5-11-17(18)22(28)16-9-3-2-4-10-16/h2-14H,15H2,1H3,(H,24,27,28)/p+1. The average Bonchev–Trinajstić information content (AvgIpc) is 3.09. The third-order valence-corrected chi connectivity index (χ3v) is 5.69. The maximum atomic E-state index is 12.8. The van der Waals surface area contributed by atoms with Gasteiger partial charge in [-0.2, -0.15) is 0 Å². The highest BCUT2D eigenvalue weighted by atomic mass is 32.2. The van der Waals surface area contributed by atoms with Crippen molar-refractivity contribution in [1.29, 1.82) is 0 Å². The van der Waals surface area contributed by atoms with Gasteiger partial charge in [-0.3, -0.25) is 9.59 Å². The summed E-state index contributed by atoms with van der Waals surface area (Å²) < 4.78 is 2.03. The molecule has 1 aromatic heterocycles. The molecule has 2 N–H and O–H groups in total. The number of ketones is 1. The van der Waals surface area contributed by atoms with Crippen molar-refractivity contribution in [1.82, 2.24) is 4.98 Å². The Balaban J connectivity index is 1.47. The number of thioether (sulfide) groups is 1. The van der Waals surface area contributed by atoms with Crippen LogP contribution >= 0.6 is 11.8 Å². The number of carbonyl (C=O) groups is 2. The molecule has 0 aliphatic rings. The Morgan fingerprint density at radius 1 is 0.931 bits per heavy atom. The second-order valence-corrected chi connectivity index (χ2v) is 7.55. The van der Waals surface area contributed by atoms with Gasteiger partial charge in [0.1, 0.15) is 0 Å². The van der Waals surface area contributed by atoms with Crippen LogP contribution < -0.4 is 9.88 Å². The quantitative estimate of drug-likeness (QED) is 0.292. The van der Waals surface area contributed by atoms with Crippen molar-refractivity contribution in [3.63, 3.8) is 0 Å². The lowest BCUT2D eigenvalue weighted by Gasteiger charge is -2.10. The Morgan fingerprint density at radius 2 is 1.62 bits per heavy atom. The zero-order valence-corrected chi connectivity index (χ0v) is 16.7. The van der Waals surface area contributed by atoms with Gasteiger partial charge in [0, 0.05) is 11.1 Å². The minimum absolute atomic E-state index is 0.115. The third-order valence-electron chi connectivity index (χ3n) is 4.63. The molecule has 144 valence electrons. The van der Waals surface area contributed by atoms with Gasteiger partial charge in [-0.25, -0.2) is 9.55 Å². The van der Waals surface area contributed by atoms with Gasteiger partial charge in [0.15, 0.2) is 16.8 Å². The van der Waals surface area contributed by atoms with Crippen LogP contribution in [0.2, 0.25) is 0 Å². The summed E-state index contributed by atoms with van der Waals surface area (Å²) in [6.45, 7) is 0. The normalized spacial score (nSPS) is 10.8. The van der Waals surface area contributed by atoms with Crippen LogP contribution in [0.1, 0.15) is 15.9 Å². The number of carbonyl (C=O) groups excluding carboxylic acids is 2. The van der Waals surface area contributed by atoms with Crippen molar-refractivity contribution in [3.8, 4) is 0 Å². The second-order valence-electron chi connectivity index (χ2n) is 6.58. The molecule has 4 aromatic rings. The van der Waals surface area contributed by atoms with E-state index in [0.717, 1.165) is 16.2 Å². The molecule has 29 heavy (non-hydrogen) atoms. The van der Waals surface area contributed by atoms with Gasteiger partial charge < -0.3 is 5.32 Å². The number of benzene rings is 3. The summed E-state index contributed by atoms with van der Waals surface area (Å²) in [5, 5.41) is 3.78. The molecule has 1 heterocycles. The molecule has 0 saturated carbocycles. The lowest BCUT2D eigenvalue weighted by Crippen LogP contribution is -2.29. The van der Waals surface area contributed by atoms with E-state index < -0.39 is 0 Å². The fourth-order valence-corrected chi connectivity index (χ4v) is 3.98. The van der Waals surface area contributed by atoms with Crippen LogP contribution in [0.4, 0.5) is 5.69 Å². The van der Waals surface area contributed by atoms with Gasteiger partial charge in [0.2, 0.25) is 5.91 Å². The van der Waals surface area contributed by atoms with Crippen molar-refractivity contribution in [2.75, 3.05) is 11.1 Å². The number of aromatic nitrogens is 2. The number of nitrogens with zero attached hydrogens (tertiary/aromatic N) is 1. The number of amides is 1. The molecule has 0 spiro atoms. The van der Waals surface area contributed by atoms with Crippen LogP contribution in [-0.2, 0) is 11.8 Å². The highest BCUT2D eigenvalue weighted by Gasteiger charge is 2.18. The summed E-state index contributed by atoms with van der Waals surface area (Å²) in [7, 11) is 1.97. The molecule has 5 nitrogen and oxygen atoms in total. The average molecular weight is 402 g/mol. The van der Waals surface area contributed by atoms with E-state index in [1.54, 1.807) is 30.3 Å². The van der Waals surface area contributed by atoms with Gasteiger partial charge in [-0.1, -0.05) is 54.6 Å². The largest absolute Gasteiger partial charge is 0.325 e. The molecule has 3 aromatic carbocycles. The molecule has 0 aliphatic heterocycles. The van der Waals surface area contributed by atoms with Crippen LogP contribution in [0.25, 0.3) is 11.0 Å². The molecule has 0 atom stereocenters. The van der Waals surface area contributed by atoms with Gasteiger partial charge in [-0.15, -0.1) is 0 Å². The van der Waals surface area contributed by atoms with Crippen LogP contribution in [-0.4, -0.2) is 22.4 Å². The first-order valence-corrected chi connectivity index (χ1v) is 10.2. The van der Waals surface area contributed by atoms with E-state index >= 15 is 0 Å². The molecule has 0 aliphatic carbocycles. The molecular weight excluding hydrogens is 382 g/mol. The SMILES string of the molecule is C[n+]1c(SCC(=O)Nc2ccccc2C(=O)c2ccccc2)[nH]c2ccccc21. The number of hydrogen-bond donors (Lipinski definition) is 2. The first kappa shape index (κ1) is 19.0. The molecule has 1 amide bonds. The first-order chi connectivity index (χ1) is 14.1. The Bertz CT molecular complexity index is 1190. The van der Waals surface area contributed by atoms with E-state index in [1.807, 2.05) is 60.1 Å². The number of anilines is 1. The van der Waals surface area contributed by atoms with E-state index in [-0.39, 0.29) is 17.4 Å². The van der Waals surface area contributed by atoms with E-state index in [4.69, 9.17) is 0 Å². The fraction of sp³-hybridized carbons (Fsp3) is 0.0870. The highest BCUT2D eigenvalue weighted by Crippen LogP contribution is 2.21. The van der Waals surface area contributed by atoms with Crippen molar-refractivity contribution < 1.29 is 14.2 Å². The molecule has 0 fully saturated rings. The number of para-hydroxylation sites is 3. The molecule has 0 saturated heterocycles. The molecule has 6 heteroatoms. The number of fused-ring (bicyclic) bond motifs is 1. The van der Waals surface area contributed by atoms with E-state index in [1.165, 1.54) is 11.8 Å². The lowest BCUT2D eigenvalue weighted by molar-refractivity contribution is -0.683. The minimum atomic E-state index is -0.165. The number of aryl methyl sites for hydroxylation is 1. The predicted molar refractivity (Wildman–Crippen MR) is 115 cm³/mol. The predicted octanol–water partition coefficient (Wildman–Crippen LogP) is 3.95. The summed E-state index contributed by atoms with van der Waals surface area (Å²) >= 11 is 1.42. The smallest absolute Gasteiger partial charge is 0.317 e. The van der Waals surface area contributed by atoms with E-state index in [0.29, 0.717) is 16.8 Å². The number of nitrogens with one attached hydrogen (secondary N) is 2. The first-order valence-electron chi connectivity index (χ1n) is 9.21. The van der Waals surface area contributed by atoms with Gasteiger partial charge in [0.05, 0.1) is 18.5 Å². The van der Waals surface area contributed by atoms with Crippen molar-refractivity contribution in [2.45, 2.75) is 5.16 Å². The number of H-pyrrole nitrogens is 1. The molecule has 4 rings (SSSR count). The number of imidazole rings is 1. The van der Waals surface area contributed by atoms with Crippen LogP contribution in [0.3, 0.4) is 0 Å². The molecule has 0 unspecified atom stereocenters. The summed E-state index contributed by atoms with van der Waals surface area (Å²) in [5.41, 5.74) is 3.70. The Hall–Kier alpha value is -3.38. The number of hydrogen-bond acceptors (Lipinski definition) is 3. The van der Waals surface area contributed by atoms with E-state index in [9.17, 15) is 9.59 Å². The summed E-state index contributed by atoms with van der Waals surface area (Å²) in [4.78, 5) is 28.7. The monoisotopic (exact) mass is 402 g/mol. The van der Waals surface area contributed by atoms with Crippen LogP contribution in [0.15, 0.2) is 84.0 Å². The van der Waals surface area contributed by atoms with Gasteiger partial charge in [0.25, 0.3) is 0 Å². The molecule has 0 radical (unpaired) electrons.